The Morgan fingerprint density at radius 3 is 2.73 bits per heavy atom. The molecular formula is C17H15N5. The number of H-pyrrole nitrogens is 2. The molecule has 0 amide bonds. The Bertz CT molecular complexity index is 981. The highest BCUT2D eigenvalue weighted by molar-refractivity contribution is 6.05. The van der Waals surface area contributed by atoms with Crippen molar-refractivity contribution in [3.8, 4) is 11.3 Å². The lowest BCUT2D eigenvalue weighted by Crippen LogP contribution is -2.07. The largest absolute Gasteiger partial charge is 0.285 e. The molecule has 5 nitrogen and oxygen atoms in total. The van der Waals surface area contributed by atoms with Crippen LogP contribution in [0.15, 0.2) is 30.7 Å². The van der Waals surface area contributed by atoms with Gasteiger partial charge in [-0.2, -0.15) is 10.2 Å². The lowest BCUT2D eigenvalue weighted by molar-refractivity contribution is 0.689. The summed E-state index contributed by atoms with van der Waals surface area (Å²) in [4.78, 5) is 5.00. The van der Waals surface area contributed by atoms with Crippen LogP contribution in [0.4, 0.5) is 0 Å². The minimum atomic E-state index is 1.02. The summed E-state index contributed by atoms with van der Waals surface area (Å²) in [6.07, 6.45) is 10.3. The number of fused-ring (bicyclic) bond motifs is 5. The predicted octanol–water partition coefficient (Wildman–Crippen LogP) is 3.38. The van der Waals surface area contributed by atoms with Gasteiger partial charge < -0.3 is 0 Å². The number of nitrogens with zero attached hydrogens (tertiary/aromatic N) is 3. The number of benzene rings is 1. The zero-order valence-electron chi connectivity index (χ0n) is 12.1. The van der Waals surface area contributed by atoms with E-state index in [0.717, 1.165) is 40.5 Å². The molecule has 2 N–H and O–H groups in total. The number of hydrogen-bond acceptors (Lipinski definition) is 3. The summed E-state index contributed by atoms with van der Waals surface area (Å²) >= 11 is 0. The molecule has 3 aromatic heterocycles. The Kier molecular flexibility index (Phi) is 2.38. The predicted molar refractivity (Wildman–Crippen MR) is 85.6 cm³/mol. The molecule has 3 heterocycles. The average Bonchev–Trinajstić information content (AvgIpc) is 3.25. The maximum atomic E-state index is 5.00. The van der Waals surface area contributed by atoms with Crippen LogP contribution in [0.1, 0.15) is 24.0 Å². The van der Waals surface area contributed by atoms with Gasteiger partial charge in [0.2, 0.25) is 0 Å². The smallest absolute Gasteiger partial charge is 0.0969 e. The van der Waals surface area contributed by atoms with E-state index < -0.39 is 0 Å². The second-order valence-electron chi connectivity index (χ2n) is 5.91. The number of aromatic nitrogens is 5. The molecule has 0 atom stereocenters. The highest BCUT2D eigenvalue weighted by atomic mass is 15.1. The summed E-state index contributed by atoms with van der Waals surface area (Å²) in [5.41, 5.74) is 7.01. The van der Waals surface area contributed by atoms with Crippen LogP contribution in [0, 0.1) is 0 Å². The van der Waals surface area contributed by atoms with Gasteiger partial charge >= 0.3 is 0 Å². The Labute approximate surface area is 126 Å². The second kappa shape index (κ2) is 4.40. The van der Waals surface area contributed by atoms with E-state index in [9.17, 15) is 0 Å². The molecule has 0 aliphatic heterocycles. The fourth-order valence-electron chi connectivity index (χ4n) is 3.62. The van der Waals surface area contributed by atoms with Crippen LogP contribution in [-0.2, 0) is 12.8 Å². The third kappa shape index (κ3) is 1.56. The zero-order chi connectivity index (χ0) is 14.5. The van der Waals surface area contributed by atoms with E-state index in [1.165, 1.54) is 29.4 Å². The monoisotopic (exact) mass is 289 g/mol. The van der Waals surface area contributed by atoms with Gasteiger partial charge in [-0.25, -0.2) is 4.98 Å². The Morgan fingerprint density at radius 2 is 1.86 bits per heavy atom. The van der Waals surface area contributed by atoms with Gasteiger partial charge in [-0.15, -0.1) is 0 Å². The summed E-state index contributed by atoms with van der Waals surface area (Å²) in [7, 11) is 0. The van der Waals surface area contributed by atoms with Gasteiger partial charge in [0, 0.05) is 22.5 Å². The number of aromatic amines is 2. The van der Waals surface area contributed by atoms with E-state index in [4.69, 9.17) is 4.98 Å². The Balaban J connectivity index is 1.95. The number of nitrogens with one attached hydrogen (secondary N) is 2. The maximum absolute atomic E-state index is 5.00. The van der Waals surface area contributed by atoms with E-state index in [-0.39, 0.29) is 0 Å². The van der Waals surface area contributed by atoms with E-state index in [0.29, 0.717) is 0 Å². The molecule has 0 fully saturated rings. The lowest BCUT2D eigenvalue weighted by atomic mass is 9.86. The third-order valence-corrected chi connectivity index (χ3v) is 4.66. The van der Waals surface area contributed by atoms with Crippen LogP contribution in [0.2, 0.25) is 0 Å². The summed E-state index contributed by atoms with van der Waals surface area (Å²) in [6, 6.07) is 4.33. The minimum Gasteiger partial charge on any atom is -0.285 e. The molecule has 0 spiro atoms. The molecule has 1 aromatic carbocycles. The molecule has 0 radical (unpaired) electrons. The van der Waals surface area contributed by atoms with E-state index in [2.05, 4.69) is 32.5 Å². The van der Waals surface area contributed by atoms with Gasteiger partial charge in [0.25, 0.3) is 0 Å². The first kappa shape index (κ1) is 11.9. The van der Waals surface area contributed by atoms with Crippen molar-refractivity contribution in [1.82, 2.24) is 25.4 Å². The summed E-state index contributed by atoms with van der Waals surface area (Å²) in [5, 5.41) is 16.6. The second-order valence-corrected chi connectivity index (χ2v) is 5.91. The standard InChI is InChI=1S/C17H15N5/c1-2-4-13-12(3-1)14-6-5-10-7-20-22-16(10)17(14)21-15(13)11-8-18-19-9-11/h5-9H,1-4H2,(H,18,19)(H,20,22). The van der Waals surface area contributed by atoms with Gasteiger partial charge in [-0.1, -0.05) is 12.1 Å². The third-order valence-electron chi connectivity index (χ3n) is 4.66. The fraction of sp³-hybridized carbons (Fsp3) is 0.235. The topological polar surface area (TPSA) is 70.2 Å². The molecule has 108 valence electrons. The molecule has 22 heavy (non-hydrogen) atoms. The van der Waals surface area contributed by atoms with Crippen LogP contribution < -0.4 is 0 Å². The molecule has 0 saturated heterocycles. The van der Waals surface area contributed by atoms with Crippen LogP contribution in [0.3, 0.4) is 0 Å². The van der Waals surface area contributed by atoms with Crippen molar-refractivity contribution >= 4 is 21.8 Å². The fourth-order valence-corrected chi connectivity index (χ4v) is 3.62. The van der Waals surface area contributed by atoms with Crippen molar-refractivity contribution in [3.05, 3.63) is 41.9 Å². The zero-order valence-corrected chi connectivity index (χ0v) is 12.1. The molecule has 4 aromatic rings. The normalized spacial score (nSPS) is 14.5. The van der Waals surface area contributed by atoms with Gasteiger partial charge in [0.05, 0.1) is 29.1 Å². The Morgan fingerprint density at radius 1 is 0.955 bits per heavy atom. The SMILES string of the molecule is c1n[nH]cc1-c1nc2c(ccc3cn[nH]c32)c2c1CCCC2. The molecule has 0 unspecified atom stereocenters. The molecule has 5 heteroatoms. The number of pyridine rings is 1. The van der Waals surface area contributed by atoms with Crippen LogP contribution >= 0.6 is 0 Å². The maximum Gasteiger partial charge on any atom is 0.0969 e. The van der Waals surface area contributed by atoms with Crippen LogP contribution in [-0.4, -0.2) is 25.4 Å². The van der Waals surface area contributed by atoms with Gasteiger partial charge in [-0.05, 0) is 36.8 Å². The molecule has 0 bridgehead atoms. The number of hydrogen-bond donors (Lipinski definition) is 2. The summed E-state index contributed by atoms with van der Waals surface area (Å²) in [6.45, 7) is 0. The van der Waals surface area contributed by atoms with E-state index in [1.54, 1.807) is 0 Å². The summed E-state index contributed by atoms with van der Waals surface area (Å²) in [5.74, 6) is 0. The van der Waals surface area contributed by atoms with Gasteiger partial charge in [0.15, 0.2) is 0 Å². The Hall–Kier alpha value is -2.69. The van der Waals surface area contributed by atoms with Crippen molar-refractivity contribution in [2.24, 2.45) is 0 Å². The number of rotatable bonds is 1. The average molecular weight is 289 g/mol. The van der Waals surface area contributed by atoms with Crippen LogP contribution in [0.5, 0.6) is 0 Å². The molecule has 1 aliphatic carbocycles. The quantitative estimate of drug-likeness (QED) is 0.564. The highest BCUT2D eigenvalue weighted by Gasteiger charge is 2.20. The summed E-state index contributed by atoms with van der Waals surface area (Å²) < 4.78 is 0. The first-order chi connectivity index (χ1) is 10.9. The van der Waals surface area contributed by atoms with Crippen LogP contribution in [0.25, 0.3) is 33.1 Å². The van der Waals surface area contributed by atoms with Crippen molar-refractivity contribution < 1.29 is 0 Å². The van der Waals surface area contributed by atoms with Crippen molar-refractivity contribution in [2.75, 3.05) is 0 Å². The minimum absolute atomic E-state index is 1.02. The first-order valence-electron chi connectivity index (χ1n) is 7.68. The molecule has 0 saturated carbocycles. The molecule has 1 aliphatic rings. The van der Waals surface area contributed by atoms with Crippen molar-refractivity contribution in [1.29, 1.82) is 0 Å². The van der Waals surface area contributed by atoms with Crippen molar-refractivity contribution in [3.63, 3.8) is 0 Å². The lowest BCUT2D eigenvalue weighted by Gasteiger charge is -2.20. The first-order valence-corrected chi connectivity index (χ1v) is 7.68. The molecule has 5 rings (SSSR count). The van der Waals surface area contributed by atoms with E-state index in [1.807, 2.05) is 18.6 Å². The van der Waals surface area contributed by atoms with E-state index >= 15 is 0 Å². The van der Waals surface area contributed by atoms with Gasteiger partial charge in [0.1, 0.15) is 0 Å². The number of aryl methyl sites for hydroxylation is 1. The highest BCUT2D eigenvalue weighted by Crippen LogP contribution is 2.36. The van der Waals surface area contributed by atoms with Gasteiger partial charge in [-0.3, -0.25) is 10.2 Å². The molecular weight excluding hydrogens is 274 g/mol. The van der Waals surface area contributed by atoms with Crippen molar-refractivity contribution in [2.45, 2.75) is 25.7 Å².